The first-order valence-electron chi connectivity index (χ1n) is 10.4. The van der Waals surface area contributed by atoms with Gasteiger partial charge in [0, 0.05) is 11.8 Å². The summed E-state index contributed by atoms with van der Waals surface area (Å²) in [5.74, 6) is 1.57. The highest BCUT2D eigenvalue weighted by Gasteiger charge is 2.36. The Hall–Kier alpha value is -2.60. The summed E-state index contributed by atoms with van der Waals surface area (Å²) in [6.07, 6.45) is 4.83. The zero-order valence-corrected chi connectivity index (χ0v) is 17.7. The van der Waals surface area contributed by atoms with Crippen molar-refractivity contribution in [1.82, 2.24) is 0 Å². The molecule has 0 saturated heterocycles. The molecule has 0 aliphatic heterocycles. The van der Waals surface area contributed by atoms with E-state index >= 15 is 0 Å². The van der Waals surface area contributed by atoms with Crippen LogP contribution < -0.4 is 0 Å². The summed E-state index contributed by atoms with van der Waals surface area (Å²) in [5.41, 5.74) is 11.5. The van der Waals surface area contributed by atoms with Crippen molar-refractivity contribution >= 4 is 11.1 Å². The number of allylic oxidation sites excluding steroid dienone is 8. The van der Waals surface area contributed by atoms with Gasteiger partial charge in [-0.25, -0.2) is 0 Å². The minimum absolute atomic E-state index is 0.508. The maximum Gasteiger partial charge on any atom is 0.00484 e. The largest absolute Gasteiger partial charge is 0.0652 e. The van der Waals surface area contributed by atoms with Crippen molar-refractivity contribution in [3.63, 3.8) is 0 Å². The van der Waals surface area contributed by atoms with Gasteiger partial charge in [0.05, 0.1) is 0 Å². The Morgan fingerprint density at radius 3 is 1.29 bits per heavy atom. The molecule has 0 aromatic heterocycles. The normalized spacial score (nSPS) is 23.2. The van der Waals surface area contributed by atoms with Gasteiger partial charge in [-0.15, -0.1) is 0 Å². The monoisotopic (exact) mass is 366 g/mol. The lowest BCUT2D eigenvalue weighted by Crippen LogP contribution is -2.22. The molecular formula is C28H30. The van der Waals surface area contributed by atoms with Crippen molar-refractivity contribution < 1.29 is 0 Å². The summed E-state index contributed by atoms with van der Waals surface area (Å²) in [4.78, 5) is 0. The van der Waals surface area contributed by atoms with Gasteiger partial charge >= 0.3 is 0 Å². The predicted octanol–water partition coefficient (Wildman–Crippen LogP) is 7.72. The van der Waals surface area contributed by atoms with Gasteiger partial charge in [-0.2, -0.15) is 0 Å². The van der Waals surface area contributed by atoms with Gasteiger partial charge in [0.25, 0.3) is 0 Å². The minimum atomic E-state index is 0.508. The van der Waals surface area contributed by atoms with Crippen LogP contribution in [0.15, 0.2) is 95.1 Å². The van der Waals surface area contributed by atoms with Gasteiger partial charge in [-0.05, 0) is 55.9 Å². The second kappa shape index (κ2) is 7.43. The van der Waals surface area contributed by atoms with Crippen LogP contribution in [-0.4, -0.2) is 0 Å². The van der Waals surface area contributed by atoms with Crippen LogP contribution >= 0.6 is 0 Å². The molecule has 0 radical (unpaired) electrons. The summed E-state index contributed by atoms with van der Waals surface area (Å²) in [7, 11) is 0. The number of benzene rings is 2. The SMILES string of the molecule is CC1=CC(c2ccccc2)=C(C)C1C(C)C1C(C)=CC(c2ccccc2)=C1C. The first kappa shape index (κ1) is 18.7. The summed E-state index contributed by atoms with van der Waals surface area (Å²) in [6, 6.07) is 21.7. The van der Waals surface area contributed by atoms with Gasteiger partial charge in [0.15, 0.2) is 0 Å². The van der Waals surface area contributed by atoms with E-state index in [0.717, 1.165) is 0 Å². The zero-order valence-electron chi connectivity index (χ0n) is 17.7. The van der Waals surface area contributed by atoms with Crippen LogP contribution in [0.4, 0.5) is 0 Å². The third-order valence-electron chi connectivity index (χ3n) is 6.73. The Kier molecular flexibility index (Phi) is 4.98. The van der Waals surface area contributed by atoms with Crippen LogP contribution in [0.2, 0.25) is 0 Å². The fraction of sp³-hybridized carbons (Fsp3) is 0.286. The Morgan fingerprint density at radius 2 is 0.929 bits per heavy atom. The van der Waals surface area contributed by atoms with E-state index in [1.54, 1.807) is 0 Å². The fourth-order valence-corrected chi connectivity index (χ4v) is 5.55. The summed E-state index contributed by atoms with van der Waals surface area (Å²) >= 11 is 0. The topological polar surface area (TPSA) is 0 Å². The van der Waals surface area contributed by atoms with Crippen molar-refractivity contribution in [2.24, 2.45) is 17.8 Å². The van der Waals surface area contributed by atoms with E-state index in [2.05, 4.69) is 107 Å². The Labute approximate surface area is 170 Å². The molecule has 0 saturated carbocycles. The van der Waals surface area contributed by atoms with Gasteiger partial charge in [-0.3, -0.25) is 0 Å². The van der Waals surface area contributed by atoms with E-state index in [1.807, 2.05) is 0 Å². The van der Waals surface area contributed by atoms with E-state index in [0.29, 0.717) is 17.8 Å². The van der Waals surface area contributed by atoms with Gasteiger partial charge in [0.2, 0.25) is 0 Å². The molecule has 2 aliphatic carbocycles. The molecule has 2 aliphatic rings. The van der Waals surface area contributed by atoms with E-state index in [9.17, 15) is 0 Å². The smallest absolute Gasteiger partial charge is 0.00484 e. The van der Waals surface area contributed by atoms with E-state index < -0.39 is 0 Å². The Bertz CT molecular complexity index is 913. The number of hydrogen-bond acceptors (Lipinski definition) is 0. The highest BCUT2D eigenvalue weighted by Crippen LogP contribution is 2.49. The highest BCUT2D eigenvalue weighted by atomic mass is 14.4. The molecule has 2 unspecified atom stereocenters. The van der Waals surface area contributed by atoms with Crippen LogP contribution in [0.3, 0.4) is 0 Å². The molecule has 0 amide bonds. The molecule has 142 valence electrons. The molecule has 0 fully saturated rings. The van der Waals surface area contributed by atoms with E-state index in [-0.39, 0.29) is 0 Å². The molecule has 0 spiro atoms. The van der Waals surface area contributed by atoms with Gasteiger partial charge in [-0.1, -0.05) is 102 Å². The van der Waals surface area contributed by atoms with Crippen molar-refractivity contribution in [3.05, 3.63) is 106 Å². The molecule has 0 nitrogen and oxygen atoms in total. The molecule has 0 heterocycles. The molecule has 0 bridgehead atoms. The van der Waals surface area contributed by atoms with Crippen LogP contribution in [0.25, 0.3) is 11.1 Å². The van der Waals surface area contributed by atoms with Crippen molar-refractivity contribution in [3.8, 4) is 0 Å². The van der Waals surface area contributed by atoms with Crippen LogP contribution in [0.1, 0.15) is 45.7 Å². The average Bonchev–Trinajstić information content (AvgIpc) is 3.17. The fourth-order valence-electron chi connectivity index (χ4n) is 5.55. The lowest BCUT2D eigenvalue weighted by Gasteiger charge is -2.31. The number of hydrogen-bond donors (Lipinski definition) is 0. The van der Waals surface area contributed by atoms with Crippen LogP contribution in [0, 0.1) is 17.8 Å². The first-order valence-corrected chi connectivity index (χ1v) is 10.4. The first-order chi connectivity index (χ1) is 13.5. The summed E-state index contributed by atoms with van der Waals surface area (Å²) in [6.45, 7) is 11.7. The third kappa shape index (κ3) is 3.11. The van der Waals surface area contributed by atoms with Gasteiger partial charge in [0.1, 0.15) is 0 Å². The lowest BCUT2D eigenvalue weighted by molar-refractivity contribution is 0.383. The standard InChI is InChI=1S/C28H30/c1-18-16-25(23-12-8-6-9-13-23)20(3)27(18)22(5)28-19(2)17-26(21(28)4)24-14-10-7-11-15-24/h6-17,22,27-28H,1-5H3. The third-order valence-corrected chi connectivity index (χ3v) is 6.73. The number of rotatable bonds is 4. The molecular weight excluding hydrogens is 336 g/mol. The lowest BCUT2D eigenvalue weighted by atomic mass is 9.73. The highest BCUT2D eigenvalue weighted by molar-refractivity contribution is 5.82. The van der Waals surface area contributed by atoms with Crippen molar-refractivity contribution in [2.45, 2.75) is 34.6 Å². The molecule has 28 heavy (non-hydrogen) atoms. The average molecular weight is 367 g/mol. The summed E-state index contributed by atoms with van der Waals surface area (Å²) < 4.78 is 0. The predicted molar refractivity (Wildman–Crippen MR) is 122 cm³/mol. The second-order valence-electron chi connectivity index (χ2n) is 8.52. The van der Waals surface area contributed by atoms with Crippen LogP contribution in [0.5, 0.6) is 0 Å². The Balaban J connectivity index is 1.69. The van der Waals surface area contributed by atoms with Gasteiger partial charge < -0.3 is 0 Å². The quantitative estimate of drug-likeness (QED) is 0.519. The Morgan fingerprint density at radius 1 is 0.571 bits per heavy atom. The second-order valence-corrected chi connectivity index (χ2v) is 8.52. The molecule has 0 N–H and O–H groups in total. The molecule has 2 aromatic carbocycles. The summed E-state index contributed by atoms with van der Waals surface area (Å²) in [5, 5.41) is 0. The zero-order chi connectivity index (χ0) is 19.8. The van der Waals surface area contributed by atoms with Crippen molar-refractivity contribution in [1.29, 1.82) is 0 Å². The van der Waals surface area contributed by atoms with Crippen molar-refractivity contribution in [2.75, 3.05) is 0 Å². The minimum Gasteiger partial charge on any atom is -0.0652 e. The van der Waals surface area contributed by atoms with E-state index in [4.69, 9.17) is 0 Å². The molecule has 2 aromatic rings. The maximum atomic E-state index is 2.44. The molecule has 0 heteroatoms. The van der Waals surface area contributed by atoms with Crippen LogP contribution in [-0.2, 0) is 0 Å². The molecule has 2 atom stereocenters. The van der Waals surface area contributed by atoms with E-state index in [1.165, 1.54) is 44.6 Å². The molecule has 4 rings (SSSR count). The maximum absolute atomic E-state index is 2.44.